The van der Waals surface area contributed by atoms with Gasteiger partial charge in [-0.25, -0.2) is 0 Å². The summed E-state index contributed by atoms with van der Waals surface area (Å²) in [7, 11) is 0. The molecule has 86 valence electrons. The van der Waals surface area contributed by atoms with Crippen LogP contribution < -0.4 is 5.32 Å². The molecule has 0 saturated heterocycles. The molecule has 1 rings (SSSR count). The molecule has 0 aromatic heterocycles. The van der Waals surface area contributed by atoms with E-state index in [4.69, 9.17) is 5.11 Å². The van der Waals surface area contributed by atoms with Crippen molar-refractivity contribution in [2.75, 3.05) is 13.2 Å². The Morgan fingerprint density at radius 1 is 1.21 bits per heavy atom. The second-order valence-electron chi connectivity index (χ2n) is 3.99. The summed E-state index contributed by atoms with van der Waals surface area (Å²) in [5.74, 6) is 0.972. The summed E-state index contributed by atoms with van der Waals surface area (Å²) in [5, 5.41) is 11.4. The quantitative estimate of drug-likeness (QED) is 0.732. The van der Waals surface area contributed by atoms with E-state index < -0.39 is 0 Å². The molecular formula is C12H27NO. The molecule has 1 aliphatic rings. The molecule has 1 fully saturated rings. The second kappa shape index (κ2) is 9.47. The fourth-order valence-corrected chi connectivity index (χ4v) is 2.06. The molecule has 0 aromatic carbocycles. The van der Waals surface area contributed by atoms with Crippen LogP contribution in [0.5, 0.6) is 0 Å². The third-order valence-electron chi connectivity index (χ3n) is 2.87. The van der Waals surface area contributed by atoms with Crippen LogP contribution in [-0.4, -0.2) is 24.3 Å². The first-order valence-corrected chi connectivity index (χ1v) is 6.14. The molecule has 14 heavy (non-hydrogen) atoms. The Hall–Kier alpha value is -0.0800. The smallest absolute Gasteiger partial charge is 0.0428 e. The predicted molar refractivity (Wildman–Crippen MR) is 62.5 cm³/mol. The maximum Gasteiger partial charge on any atom is 0.0428 e. The van der Waals surface area contributed by atoms with Gasteiger partial charge in [-0.1, -0.05) is 33.6 Å². The van der Waals surface area contributed by atoms with Crippen LogP contribution in [0.3, 0.4) is 0 Å². The van der Waals surface area contributed by atoms with Crippen LogP contribution in [0, 0.1) is 5.92 Å². The third kappa shape index (κ3) is 5.61. The standard InChI is InChI=1S/C9H19N.C3H8O/c1-3-8-6-5-7-9(8)10-4-2;1-2-3-4/h8-10H,3-7H2,1-2H3;4H,2-3H2,1H3. The van der Waals surface area contributed by atoms with Crippen molar-refractivity contribution in [1.29, 1.82) is 0 Å². The van der Waals surface area contributed by atoms with Gasteiger partial charge in [0, 0.05) is 12.6 Å². The van der Waals surface area contributed by atoms with Crippen LogP contribution in [0.25, 0.3) is 0 Å². The van der Waals surface area contributed by atoms with Crippen molar-refractivity contribution in [3.8, 4) is 0 Å². The normalized spacial score (nSPS) is 25.7. The Morgan fingerprint density at radius 2 is 1.86 bits per heavy atom. The van der Waals surface area contributed by atoms with E-state index in [0.29, 0.717) is 6.61 Å². The Bertz CT molecular complexity index is 115. The summed E-state index contributed by atoms with van der Waals surface area (Å²) in [6.07, 6.45) is 6.54. The first-order chi connectivity index (χ1) is 6.79. The van der Waals surface area contributed by atoms with Gasteiger partial charge < -0.3 is 10.4 Å². The summed E-state index contributed by atoms with van der Waals surface area (Å²) >= 11 is 0. The molecule has 0 spiro atoms. The molecule has 0 bridgehead atoms. The monoisotopic (exact) mass is 201 g/mol. The van der Waals surface area contributed by atoms with Gasteiger partial charge in [-0.3, -0.25) is 0 Å². The highest BCUT2D eigenvalue weighted by Gasteiger charge is 2.23. The van der Waals surface area contributed by atoms with Crippen molar-refractivity contribution in [1.82, 2.24) is 5.32 Å². The van der Waals surface area contributed by atoms with Gasteiger partial charge >= 0.3 is 0 Å². The van der Waals surface area contributed by atoms with Crippen molar-refractivity contribution < 1.29 is 5.11 Å². The number of aliphatic hydroxyl groups excluding tert-OH is 1. The summed E-state index contributed by atoms with van der Waals surface area (Å²) in [6, 6.07) is 0.843. The first kappa shape index (κ1) is 13.9. The van der Waals surface area contributed by atoms with Crippen LogP contribution in [0.4, 0.5) is 0 Å². The molecule has 2 unspecified atom stereocenters. The van der Waals surface area contributed by atoms with E-state index in [1.807, 2.05) is 6.92 Å². The largest absolute Gasteiger partial charge is 0.396 e. The molecule has 0 aliphatic heterocycles. The van der Waals surface area contributed by atoms with Gasteiger partial charge in [0.25, 0.3) is 0 Å². The van der Waals surface area contributed by atoms with Crippen molar-refractivity contribution >= 4 is 0 Å². The Morgan fingerprint density at radius 3 is 2.29 bits per heavy atom. The van der Waals surface area contributed by atoms with Crippen molar-refractivity contribution in [2.24, 2.45) is 5.92 Å². The number of hydrogen-bond donors (Lipinski definition) is 2. The number of aliphatic hydroxyl groups is 1. The zero-order valence-electron chi connectivity index (χ0n) is 10.1. The summed E-state index contributed by atoms with van der Waals surface area (Å²) < 4.78 is 0. The van der Waals surface area contributed by atoms with E-state index in [0.717, 1.165) is 24.9 Å². The lowest BCUT2D eigenvalue weighted by Gasteiger charge is -2.17. The minimum absolute atomic E-state index is 0.319. The Kier molecular flexibility index (Phi) is 9.42. The molecule has 0 heterocycles. The van der Waals surface area contributed by atoms with E-state index in [9.17, 15) is 0 Å². The van der Waals surface area contributed by atoms with Crippen LogP contribution >= 0.6 is 0 Å². The van der Waals surface area contributed by atoms with Gasteiger partial charge in [0.2, 0.25) is 0 Å². The highest BCUT2D eigenvalue weighted by atomic mass is 16.2. The Labute approximate surface area is 89.1 Å². The lowest BCUT2D eigenvalue weighted by molar-refractivity contribution is 0.295. The molecule has 0 aromatic rings. The molecule has 0 radical (unpaired) electrons. The maximum atomic E-state index is 7.88. The first-order valence-electron chi connectivity index (χ1n) is 6.14. The molecule has 1 aliphatic carbocycles. The number of rotatable bonds is 4. The second-order valence-corrected chi connectivity index (χ2v) is 3.99. The van der Waals surface area contributed by atoms with Gasteiger partial charge in [0.05, 0.1) is 0 Å². The highest BCUT2D eigenvalue weighted by molar-refractivity contribution is 4.81. The zero-order valence-corrected chi connectivity index (χ0v) is 10.1. The van der Waals surface area contributed by atoms with E-state index >= 15 is 0 Å². The van der Waals surface area contributed by atoms with Crippen molar-refractivity contribution in [3.05, 3.63) is 0 Å². The molecule has 2 N–H and O–H groups in total. The molecule has 1 saturated carbocycles. The minimum Gasteiger partial charge on any atom is -0.396 e. The molecule has 2 heteroatoms. The third-order valence-corrected chi connectivity index (χ3v) is 2.87. The molecule has 2 atom stereocenters. The van der Waals surface area contributed by atoms with E-state index in [1.54, 1.807) is 0 Å². The van der Waals surface area contributed by atoms with E-state index in [2.05, 4.69) is 19.2 Å². The summed E-state index contributed by atoms with van der Waals surface area (Å²) in [4.78, 5) is 0. The highest BCUT2D eigenvalue weighted by Crippen LogP contribution is 2.27. The van der Waals surface area contributed by atoms with Crippen molar-refractivity contribution in [2.45, 2.75) is 58.9 Å². The van der Waals surface area contributed by atoms with Crippen LogP contribution in [-0.2, 0) is 0 Å². The lowest BCUT2D eigenvalue weighted by atomic mass is 10.0. The summed E-state index contributed by atoms with van der Waals surface area (Å²) in [6.45, 7) is 7.90. The molecule has 2 nitrogen and oxygen atoms in total. The van der Waals surface area contributed by atoms with Crippen LogP contribution in [0.15, 0.2) is 0 Å². The average molecular weight is 201 g/mol. The van der Waals surface area contributed by atoms with Gasteiger partial charge in [-0.15, -0.1) is 0 Å². The van der Waals surface area contributed by atoms with Crippen LogP contribution in [0.1, 0.15) is 52.9 Å². The van der Waals surface area contributed by atoms with Crippen molar-refractivity contribution in [3.63, 3.8) is 0 Å². The SMILES string of the molecule is CCCO.CCNC1CCCC1CC. The molecular weight excluding hydrogens is 174 g/mol. The van der Waals surface area contributed by atoms with Gasteiger partial charge in [-0.2, -0.15) is 0 Å². The van der Waals surface area contributed by atoms with Crippen LogP contribution in [0.2, 0.25) is 0 Å². The fourth-order valence-electron chi connectivity index (χ4n) is 2.06. The fraction of sp³-hybridized carbons (Fsp3) is 1.00. The maximum absolute atomic E-state index is 7.88. The topological polar surface area (TPSA) is 32.3 Å². The zero-order chi connectivity index (χ0) is 10.8. The lowest BCUT2D eigenvalue weighted by Crippen LogP contribution is -2.31. The molecule has 0 amide bonds. The average Bonchev–Trinajstić information content (AvgIpc) is 2.66. The van der Waals surface area contributed by atoms with Gasteiger partial charge in [0.15, 0.2) is 0 Å². The van der Waals surface area contributed by atoms with E-state index in [-0.39, 0.29) is 0 Å². The predicted octanol–water partition coefficient (Wildman–Crippen LogP) is 2.56. The summed E-state index contributed by atoms with van der Waals surface area (Å²) in [5.41, 5.74) is 0. The minimum atomic E-state index is 0.319. The Balaban J connectivity index is 0.000000364. The van der Waals surface area contributed by atoms with Gasteiger partial charge in [0.1, 0.15) is 0 Å². The number of hydrogen-bond acceptors (Lipinski definition) is 2. The van der Waals surface area contributed by atoms with Gasteiger partial charge in [-0.05, 0) is 31.7 Å². The van der Waals surface area contributed by atoms with E-state index in [1.165, 1.54) is 25.7 Å². The number of nitrogens with one attached hydrogen (secondary N) is 1.